The van der Waals surface area contributed by atoms with Crippen molar-refractivity contribution in [3.8, 4) is 5.75 Å². The van der Waals surface area contributed by atoms with E-state index in [0.717, 1.165) is 24.2 Å². The van der Waals surface area contributed by atoms with Crippen molar-refractivity contribution in [1.29, 1.82) is 0 Å². The van der Waals surface area contributed by atoms with E-state index in [0.29, 0.717) is 0 Å². The SMILES string of the molecule is COc1cncc(C(N)CCc2ccccc2)c1. The van der Waals surface area contributed by atoms with Crippen LogP contribution in [0.5, 0.6) is 5.75 Å². The molecule has 3 heteroatoms. The van der Waals surface area contributed by atoms with Gasteiger partial charge >= 0.3 is 0 Å². The Morgan fingerprint density at radius 2 is 2.00 bits per heavy atom. The number of hydrogen-bond donors (Lipinski definition) is 1. The van der Waals surface area contributed by atoms with Crippen molar-refractivity contribution in [2.75, 3.05) is 7.11 Å². The first kappa shape index (κ1) is 12.6. The summed E-state index contributed by atoms with van der Waals surface area (Å²) in [4.78, 5) is 4.13. The van der Waals surface area contributed by atoms with Gasteiger partial charge in [0.2, 0.25) is 0 Å². The second-order valence-electron chi connectivity index (χ2n) is 4.29. The van der Waals surface area contributed by atoms with E-state index >= 15 is 0 Å². The van der Waals surface area contributed by atoms with Gasteiger partial charge in [-0.25, -0.2) is 0 Å². The Balaban J connectivity index is 1.97. The predicted octanol–water partition coefficient (Wildman–Crippen LogP) is 2.72. The number of hydrogen-bond acceptors (Lipinski definition) is 3. The molecule has 3 nitrogen and oxygen atoms in total. The number of rotatable bonds is 5. The molecule has 0 radical (unpaired) electrons. The van der Waals surface area contributed by atoms with Crippen LogP contribution >= 0.6 is 0 Å². The molecular formula is C15H18N2O. The molecule has 1 unspecified atom stereocenters. The minimum Gasteiger partial charge on any atom is -0.495 e. The summed E-state index contributed by atoms with van der Waals surface area (Å²) in [5.74, 6) is 0.752. The van der Waals surface area contributed by atoms with E-state index in [9.17, 15) is 0 Å². The highest BCUT2D eigenvalue weighted by molar-refractivity contribution is 5.26. The first-order valence-electron chi connectivity index (χ1n) is 6.08. The average molecular weight is 242 g/mol. The van der Waals surface area contributed by atoms with Gasteiger partial charge in [-0.3, -0.25) is 4.98 Å². The maximum atomic E-state index is 6.17. The molecule has 0 amide bonds. The molecule has 2 N–H and O–H groups in total. The van der Waals surface area contributed by atoms with Crippen LogP contribution in [-0.2, 0) is 6.42 Å². The zero-order valence-corrected chi connectivity index (χ0v) is 10.5. The first-order valence-corrected chi connectivity index (χ1v) is 6.08. The van der Waals surface area contributed by atoms with Crippen LogP contribution in [0.1, 0.15) is 23.6 Å². The molecule has 1 aromatic carbocycles. The number of nitrogens with two attached hydrogens (primary N) is 1. The van der Waals surface area contributed by atoms with E-state index in [-0.39, 0.29) is 6.04 Å². The fourth-order valence-corrected chi connectivity index (χ4v) is 1.88. The van der Waals surface area contributed by atoms with Crippen molar-refractivity contribution < 1.29 is 4.74 Å². The Bertz CT molecular complexity index is 485. The molecule has 0 saturated heterocycles. The fourth-order valence-electron chi connectivity index (χ4n) is 1.88. The van der Waals surface area contributed by atoms with Gasteiger partial charge in [-0.15, -0.1) is 0 Å². The zero-order chi connectivity index (χ0) is 12.8. The molecule has 1 heterocycles. The van der Waals surface area contributed by atoms with E-state index in [1.807, 2.05) is 24.3 Å². The van der Waals surface area contributed by atoms with E-state index in [4.69, 9.17) is 10.5 Å². The van der Waals surface area contributed by atoms with Gasteiger partial charge in [-0.05, 0) is 30.0 Å². The lowest BCUT2D eigenvalue weighted by Gasteiger charge is -2.12. The van der Waals surface area contributed by atoms with Crippen LogP contribution in [0.2, 0.25) is 0 Å². The van der Waals surface area contributed by atoms with Gasteiger partial charge in [0.1, 0.15) is 5.75 Å². The number of nitrogens with zero attached hydrogens (tertiary/aromatic N) is 1. The third-order valence-corrected chi connectivity index (χ3v) is 2.99. The largest absolute Gasteiger partial charge is 0.495 e. The second kappa shape index (κ2) is 6.17. The monoisotopic (exact) mass is 242 g/mol. The minimum absolute atomic E-state index is 0.00666. The minimum atomic E-state index is -0.00666. The molecule has 0 saturated carbocycles. The van der Waals surface area contributed by atoms with Crippen LogP contribution in [0.3, 0.4) is 0 Å². The summed E-state index contributed by atoms with van der Waals surface area (Å²) in [6.45, 7) is 0. The zero-order valence-electron chi connectivity index (χ0n) is 10.5. The average Bonchev–Trinajstić information content (AvgIpc) is 2.46. The number of aryl methyl sites for hydroxylation is 1. The molecule has 18 heavy (non-hydrogen) atoms. The summed E-state index contributed by atoms with van der Waals surface area (Å²) in [5, 5.41) is 0. The number of pyridine rings is 1. The molecule has 0 aliphatic carbocycles. The molecule has 0 aliphatic rings. The number of benzene rings is 1. The maximum Gasteiger partial charge on any atom is 0.137 e. The fraction of sp³-hybridized carbons (Fsp3) is 0.267. The highest BCUT2D eigenvalue weighted by Gasteiger charge is 2.07. The number of ether oxygens (including phenoxy) is 1. The summed E-state index contributed by atoms with van der Waals surface area (Å²) in [5.41, 5.74) is 8.50. The molecule has 0 fully saturated rings. The predicted molar refractivity (Wildman–Crippen MR) is 72.5 cm³/mol. The van der Waals surface area contributed by atoms with Crippen molar-refractivity contribution in [1.82, 2.24) is 4.98 Å². The smallest absolute Gasteiger partial charge is 0.137 e. The summed E-state index contributed by atoms with van der Waals surface area (Å²) < 4.78 is 5.15. The van der Waals surface area contributed by atoms with E-state index in [1.165, 1.54) is 5.56 Å². The quantitative estimate of drug-likeness (QED) is 0.877. The Hall–Kier alpha value is -1.87. The lowest BCUT2D eigenvalue weighted by atomic mass is 10.0. The first-order chi connectivity index (χ1) is 8.79. The van der Waals surface area contributed by atoms with Crippen molar-refractivity contribution in [2.24, 2.45) is 5.73 Å². The molecule has 0 bridgehead atoms. The Morgan fingerprint density at radius 3 is 2.72 bits per heavy atom. The lowest BCUT2D eigenvalue weighted by Crippen LogP contribution is -2.11. The van der Waals surface area contributed by atoms with Crippen LogP contribution in [0.15, 0.2) is 48.8 Å². The topological polar surface area (TPSA) is 48.1 Å². The molecule has 2 aromatic rings. The maximum absolute atomic E-state index is 6.17. The van der Waals surface area contributed by atoms with Crippen LogP contribution < -0.4 is 10.5 Å². The highest BCUT2D eigenvalue weighted by Crippen LogP contribution is 2.19. The normalized spacial score (nSPS) is 12.1. The van der Waals surface area contributed by atoms with Gasteiger partial charge in [0.05, 0.1) is 13.3 Å². The number of aromatic nitrogens is 1. The third-order valence-electron chi connectivity index (χ3n) is 2.99. The standard InChI is InChI=1S/C15H18N2O/c1-18-14-9-13(10-17-11-14)15(16)8-7-12-5-3-2-4-6-12/h2-6,9-11,15H,7-8,16H2,1H3. The Labute approximate surface area is 108 Å². The Morgan fingerprint density at radius 1 is 1.22 bits per heavy atom. The summed E-state index contributed by atoms with van der Waals surface area (Å²) in [6, 6.07) is 12.3. The van der Waals surface area contributed by atoms with E-state index in [2.05, 4.69) is 17.1 Å². The van der Waals surface area contributed by atoms with Crippen molar-refractivity contribution in [3.63, 3.8) is 0 Å². The van der Waals surface area contributed by atoms with Gasteiger partial charge in [0.25, 0.3) is 0 Å². The molecule has 94 valence electrons. The molecule has 1 aromatic heterocycles. The molecular weight excluding hydrogens is 224 g/mol. The van der Waals surface area contributed by atoms with Crippen LogP contribution in [0, 0.1) is 0 Å². The number of methoxy groups -OCH3 is 1. The van der Waals surface area contributed by atoms with E-state index in [1.54, 1.807) is 19.5 Å². The third kappa shape index (κ3) is 3.31. The van der Waals surface area contributed by atoms with Gasteiger partial charge in [0, 0.05) is 12.2 Å². The molecule has 0 aliphatic heterocycles. The highest BCUT2D eigenvalue weighted by atomic mass is 16.5. The van der Waals surface area contributed by atoms with Gasteiger partial charge in [0.15, 0.2) is 0 Å². The van der Waals surface area contributed by atoms with Gasteiger partial charge < -0.3 is 10.5 Å². The van der Waals surface area contributed by atoms with Crippen LogP contribution in [0.25, 0.3) is 0 Å². The summed E-state index contributed by atoms with van der Waals surface area (Å²) >= 11 is 0. The van der Waals surface area contributed by atoms with Gasteiger partial charge in [-0.1, -0.05) is 30.3 Å². The van der Waals surface area contributed by atoms with E-state index < -0.39 is 0 Å². The van der Waals surface area contributed by atoms with Gasteiger partial charge in [-0.2, -0.15) is 0 Å². The molecule has 1 atom stereocenters. The lowest BCUT2D eigenvalue weighted by molar-refractivity contribution is 0.411. The molecule has 2 rings (SSSR count). The summed E-state index contributed by atoms with van der Waals surface area (Å²) in [7, 11) is 1.64. The van der Waals surface area contributed by atoms with Crippen molar-refractivity contribution in [2.45, 2.75) is 18.9 Å². The summed E-state index contributed by atoms with van der Waals surface area (Å²) in [6.07, 6.45) is 5.36. The van der Waals surface area contributed by atoms with Crippen molar-refractivity contribution in [3.05, 3.63) is 59.9 Å². The van der Waals surface area contributed by atoms with Crippen molar-refractivity contribution >= 4 is 0 Å². The Kier molecular flexibility index (Phi) is 4.31. The van der Waals surface area contributed by atoms with Crippen LogP contribution in [0.4, 0.5) is 0 Å². The second-order valence-corrected chi connectivity index (χ2v) is 4.29. The molecule has 0 spiro atoms. The van der Waals surface area contributed by atoms with Crippen LogP contribution in [-0.4, -0.2) is 12.1 Å².